The summed E-state index contributed by atoms with van der Waals surface area (Å²) < 4.78 is 5.98. The van der Waals surface area contributed by atoms with E-state index in [2.05, 4.69) is 49.3 Å². The van der Waals surface area contributed by atoms with Gasteiger partial charge in [0.25, 0.3) is 0 Å². The molecular weight excluding hydrogens is 280 g/mol. The molecule has 0 saturated carbocycles. The van der Waals surface area contributed by atoms with Crippen molar-refractivity contribution in [2.45, 2.75) is 40.8 Å². The van der Waals surface area contributed by atoms with E-state index in [4.69, 9.17) is 4.74 Å². The lowest BCUT2D eigenvalue weighted by Gasteiger charge is -2.13. The number of rotatable bonds is 7. The molecule has 0 atom stereocenters. The van der Waals surface area contributed by atoms with E-state index >= 15 is 0 Å². The standard InChI is InChI=1S/C17H24N2OS/c1-12(2)8-18-9-15-7-13(3)5-6-17(15)20-11-16-10-19-14(4)21-16/h5-7,10,12,18H,8-9,11H2,1-4H3. The molecule has 1 N–H and O–H groups in total. The van der Waals surface area contributed by atoms with Crippen LogP contribution < -0.4 is 10.1 Å². The maximum Gasteiger partial charge on any atom is 0.124 e. The SMILES string of the molecule is Cc1ccc(OCc2cnc(C)s2)c(CNCC(C)C)c1. The van der Waals surface area contributed by atoms with Crippen LogP contribution in [0.1, 0.15) is 34.9 Å². The lowest BCUT2D eigenvalue weighted by molar-refractivity contribution is 0.305. The highest BCUT2D eigenvalue weighted by molar-refractivity contribution is 7.11. The summed E-state index contributed by atoms with van der Waals surface area (Å²) in [4.78, 5) is 5.42. The molecule has 21 heavy (non-hydrogen) atoms. The van der Waals surface area contributed by atoms with Gasteiger partial charge in [-0.05, 0) is 32.4 Å². The fourth-order valence-corrected chi connectivity index (χ4v) is 2.81. The Morgan fingerprint density at radius 3 is 2.76 bits per heavy atom. The average molecular weight is 304 g/mol. The Hall–Kier alpha value is -1.39. The normalized spacial score (nSPS) is 11.1. The number of thiazole rings is 1. The van der Waals surface area contributed by atoms with Crippen LogP contribution in [0.25, 0.3) is 0 Å². The Morgan fingerprint density at radius 2 is 2.10 bits per heavy atom. The number of hydrogen-bond donors (Lipinski definition) is 1. The van der Waals surface area contributed by atoms with Crippen LogP contribution in [0.15, 0.2) is 24.4 Å². The Kier molecular flexibility index (Phi) is 5.76. The van der Waals surface area contributed by atoms with Crippen molar-refractivity contribution in [1.82, 2.24) is 10.3 Å². The first-order valence-corrected chi connectivity index (χ1v) is 8.20. The highest BCUT2D eigenvalue weighted by atomic mass is 32.1. The Morgan fingerprint density at radius 1 is 1.29 bits per heavy atom. The van der Waals surface area contributed by atoms with Gasteiger partial charge in [0.2, 0.25) is 0 Å². The highest BCUT2D eigenvalue weighted by Gasteiger charge is 2.06. The molecule has 0 bridgehead atoms. The van der Waals surface area contributed by atoms with Gasteiger partial charge in [0.1, 0.15) is 12.4 Å². The molecule has 3 nitrogen and oxygen atoms in total. The van der Waals surface area contributed by atoms with Crippen LogP contribution in [0.2, 0.25) is 0 Å². The molecule has 4 heteroatoms. The van der Waals surface area contributed by atoms with Crippen molar-refractivity contribution in [2.75, 3.05) is 6.54 Å². The van der Waals surface area contributed by atoms with Crippen molar-refractivity contribution >= 4 is 11.3 Å². The van der Waals surface area contributed by atoms with Crippen molar-refractivity contribution in [1.29, 1.82) is 0 Å². The van der Waals surface area contributed by atoms with E-state index in [1.54, 1.807) is 11.3 Å². The first-order chi connectivity index (χ1) is 10.0. The van der Waals surface area contributed by atoms with Crippen LogP contribution in [-0.4, -0.2) is 11.5 Å². The Bertz CT molecular complexity index is 578. The minimum Gasteiger partial charge on any atom is -0.488 e. The first kappa shape index (κ1) is 16.0. The summed E-state index contributed by atoms with van der Waals surface area (Å²) in [5.74, 6) is 1.61. The van der Waals surface area contributed by atoms with Gasteiger partial charge in [0.05, 0.1) is 9.88 Å². The van der Waals surface area contributed by atoms with E-state index in [9.17, 15) is 0 Å². The van der Waals surface area contributed by atoms with Gasteiger partial charge in [0, 0.05) is 18.3 Å². The van der Waals surface area contributed by atoms with E-state index in [1.807, 2.05) is 13.1 Å². The molecule has 0 radical (unpaired) electrons. The molecule has 114 valence electrons. The minimum atomic E-state index is 0.589. The minimum absolute atomic E-state index is 0.589. The smallest absolute Gasteiger partial charge is 0.124 e. The molecule has 2 rings (SSSR count). The monoisotopic (exact) mass is 304 g/mol. The topological polar surface area (TPSA) is 34.1 Å². The number of nitrogens with zero attached hydrogens (tertiary/aromatic N) is 1. The molecule has 0 aliphatic heterocycles. The van der Waals surface area contributed by atoms with Crippen LogP contribution in [0, 0.1) is 19.8 Å². The largest absolute Gasteiger partial charge is 0.488 e. The third-order valence-electron chi connectivity index (χ3n) is 3.12. The molecule has 1 aromatic heterocycles. The summed E-state index contributed by atoms with van der Waals surface area (Å²) in [7, 11) is 0. The maximum absolute atomic E-state index is 5.98. The van der Waals surface area contributed by atoms with E-state index < -0.39 is 0 Å². The summed E-state index contributed by atoms with van der Waals surface area (Å²) in [5.41, 5.74) is 2.48. The number of ether oxygens (including phenoxy) is 1. The van der Waals surface area contributed by atoms with Gasteiger partial charge >= 0.3 is 0 Å². The molecule has 0 saturated heterocycles. The highest BCUT2D eigenvalue weighted by Crippen LogP contribution is 2.22. The molecule has 0 fully saturated rings. The van der Waals surface area contributed by atoms with E-state index in [0.29, 0.717) is 12.5 Å². The van der Waals surface area contributed by atoms with Gasteiger partial charge in [-0.1, -0.05) is 31.5 Å². The van der Waals surface area contributed by atoms with Gasteiger partial charge < -0.3 is 10.1 Å². The zero-order valence-corrected chi connectivity index (χ0v) is 14.1. The maximum atomic E-state index is 5.98. The molecule has 0 spiro atoms. The summed E-state index contributed by atoms with van der Waals surface area (Å²) in [6.45, 7) is 11.0. The third kappa shape index (κ3) is 5.14. The fraction of sp³-hybridized carbons (Fsp3) is 0.471. The summed E-state index contributed by atoms with van der Waals surface area (Å²) >= 11 is 1.69. The molecule has 0 amide bonds. The Labute approximate surface area is 131 Å². The second-order valence-corrected chi connectivity index (χ2v) is 7.09. The molecule has 0 aliphatic carbocycles. The summed E-state index contributed by atoms with van der Waals surface area (Å²) in [5, 5.41) is 4.56. The molecule has 1 aromatic carbocycles. The predicted molar refractivity (Wildman–Crippen MR) is 88.9 cm³/mol. The summed E-state index contributed by atoms with van der Waals surface area (Å²) in [6, 6.07) is 6.36. The number of nitrogens with one attached hydrogen (secondary N) is 1. The average Bonchev–Trinajstić information content (AvgIpc) is 2.83. The van der Waals surface area contributed by atoms with Gasteiger partial charge in [-0.15, -0.1) is 11.3 Å². The number of aryl methyl sites for hydroxylation is 2. The lowest BCUT2D eigenvalue weighted by Crippen LogP contribution is -2.19. The van der Waals surface area contributed by atoms with Crippen LogP contribution in [-0.2, 0) is 13.2 Å². The predicted octanol–water partition coefficient (Wildman–Crippen LogP) is 4.08. The first-order valence-electron chi connectivity index (χ1n) is 7.39. The number of aromatic nitrogens is 1. The Balaban J connectivity index is 2.00. The molecule has 0 unspecified atom stereocenters. The van der Waals surface area contributed by atoms with Crippen LogP contribution in [0.3, 0.4) is 0 Å². The molecule has 1 heterocycles. The van der Waals surface area contributed by atoms with Crippen molar-refractivity contribution in [3.8, 4) is 5.75 Å². The van der Waals surface area contributed by atoms with Gasteiger partial charge in [-0.25, -0.2) is 4.98 Å². The van der Waals surface area contributed by atoms with E-state index in [0.717, 1.165) is 28.7 Å². The van der Waals surface area contributed by atoms with Crippen LogP contribution in [0.5, 0.6) is 5.75 Å². The zero-order chi connectivity index (χ0) is 15.2. The van der Waals surface area contributed by atoms with E-state index in [1.165, 1.54) is 11.1 Å². The van der Waals surface area contributed by atoms with Gasteiger partial charge in [0.15, 0.2) is 0 Å². The van der Waals surface area contributed by atoms with Crippen molar-refractivity contribution in [3.63, 3.8) is 0 Å². The van der Waals surface area contributed by atoms with Crippen LogP contribution >= 0.6 is 11.3 Å². The second-order valence-electron chi connectivity index (χ2n) is 5.77. The number of hydrogen-bond acceptors (Lipinski definition) is 4. The van der Waals surface area contributed by atoms with Crippen molar-refractivity contribution < 1.29 is 4.74 Å². The lowest BCUT2D eigenvalue weighted by atomic mass is 10.1. The fourth-order valence-electron chi connectivity index (χ4n) is 2.10. The second kappa shape index (κ2) is 7.57. The molecule has 2 aromatic rings. The quantitative estimate of drug-likeness (QED) is 0.837. The van der Waals surface area contributed by atoms with Gasteiger partial charge in [-0.3, -0.25) is 0 Å². The molecule has 0 aliphatic rings. The molecular formula is C17H24N2OS. The van der Waals surface area contributed by atoms with Gasteiger partial charge in [-0.2, -0.15) is 0 Å². The van der Waals surface area contributed by atoms with Crippen LogP contribution in [0.4, 0.5) is 0 Å². The van der Waals surface area contributed by atoms with Crippen molar-refractivity contribution in [2.24, 2.45) is 5.92 Å². The van der Waals surface area contributed by atoms with Crippen molar-refractivity contribution in [3.05, 3.63) is 45.4 Å². The number of benzene rings is 1. The van der Waals surface area contributed by atoms with E-state index in [-0.39, 0.29) is 0 Å². The summed E-state index contributed by atoms with van der Waals surface area (Å²) in [6.07, 6.45) is 1.89. The zero-order valence-electron chi connectivity index (χ0n) is 13.3. The third-order valence-corrected chi connectivity index (χ3v) is 4.01.